The summed E-state index contributed by atoms with van der Waals surface area (Å²) in [5.41, 5.74) is 0.620. The van der Waals surface area contributed by atoms with Crippen LogP contribution in [-0.4, -0.2) is 30.5 Å². The highest BCUT2D eigenvalue weighted by molar-refractivity contribution is 5.87. The largest absolute Gasteiger partial charge is 0.504 e. The maximum absolute atomic E-state index is 10.8. The number of non-ortho nitro benzene ring substituents is 1. The molecular weight excluding hydrogens is 288 g/mol. The molecule has 0 saturated carbocycles. The summed E-state index contributed by atoms with van der Waals surface area (Å²) in [6.07, 6.45) is 1.39. The Bertz CT molecular complexity index is 728. The van der Waals surface area contributed by atoms with E-state index in [1.807, 2.05) is 0 Å². The zero-order valence-corrected chi connectivity index (χ0v) is 12.0. The topological polar surface area (TPSA) is 94.2 Å². The van der Waals surface area contributed by atoms with Gasteiger partial charge in [-0.3, -0.25) is 15.1 Å². The molecule has 7 heteroatoms. The van der Waals surface area contributed by atoms with Crippen molar-refractivity contribution in [1.29, 1.82) is 0 Å². The molecule has 2 rings (SSSR count). The maximum Gasteiger partial charge on any atom is 0.271 e. The number of methoxy groups -OCH3 is 2. The van der Waals surface area contributed by atoms with Gasteiger partial charge in [-0.15, -0.1) is 0 Å². The van der Waals surface area contributed by atoms with Gasteiger partial charge in [-0.05, 0) is 18.2 Å². The fraction of sp³-hybridized carbons (Fsp3) is 0.133. The standard InChI is InChI=1S/C15H14N2O5/c1-21-13-7-6-11(17(19)20)8-12(13)16-9-10-4-3-5-14(22-2)15(10)18/h3-9,18H,1-2H3. The van der Waals surface area contributed by atoms with Gasteiger partial charge in [0.2, 0.25) is 0 Å². The van der Waals surface area contributed by atoms with Gasteiger partial charge in [-0.1, -0.05) is 6.07 Å². The van der Waals surface area contributed by atoms with E-state index in [2.05, 4.69) is 4.99 Å². The second-order valence-corrected chi connectivity index (χ2v) is 4.27. The smallest absolute Gasteiger partial charge is 0.271 e. The number of nitro benzene ring substituents is 1. The monoisotopic (exact) mass is 302 g/mol. The Morgan fingerprint density at radius 3 is 2.55 bits per heavy atom. The van der Waals surface area contributed by atoms with Gasteiger partial charge in [0, 0.05) is 23.9 Å². The molecule has 0 bridgehead atoms. The summed E-state index contributed by atoms with van der Waals surface area (Å²) in [5, 5.41) is 20.8. The van der Waals surface area contributed by atoms with Gasteiger partial charge in [0.15, 0.2) is 11.5 Å². The third-order valence-electron chi connectivity index (χ3n) is 2.97. The van der Waals surface area contributed by atoms with E-state index in [9.17, 15) is 15.2 Å². The van der Waals surface area contributed by atoms with Gasteiger partial charge in [-0.2, -0.15) is 0 Å². The Balaban J connectivity index is 2.41. The van der Waals surface area contributed by atoms with Crippen LogP contribution >= 0.6 is 0 Å². The zero-order valence-electron chi connectivity index (χ0n) is 12.0. The summed E-state index contributed by atoms with van der Waals surface area (Å²) in [7, 11) is 2.89. The summed E-state index contributed by atoms with van der Waals surface area (Å²) < 4.78 is 10.1. The molecule has 0 saturated heterocycles. The first-order valence-corrected chi connectivity index (χ1v) is 6.29. The van der Waals surface area contributed by atoms with Crippen molar-refractivity contribution in [2.24, 2.45) is 4.99 Å². The van der Waals surface area contributed by atoms with E-state index in [4.69, 9.17) is 9.47 Å². The molecule has 0 amide bonds. The van der Waals surface area contributed by atoms with E-state index < -0.39 is 4.92 Å². The van der Waals surface area contributed by atoms with Crippen molar-refractivity contribution in [1.82, 2.24) is 0 Å². The number of phenols is 1. The van der Waals surface area contributed by atoms with Crippen LogP contribution < -0.4 is 9.47 Å². The van der Waals surface area contributed by atoms with Crippen LogP contribution in [0.3, 0.4) is 0 Å². The number of para-hydroxylation sites is 1. The predicted molar refractivity (Wildman–Crippen MR) is 81.6 cm³/mol. The van der Waals surface area contributed by atoms with Gasteiger partial charge in [0.1, 0.15) is 11.4 Å². The fourth-order valence-electron chi connectivity index (χ4n) is 1.84. The lowest BCUT2D eigenvalue weighted by molar-refractivity contribution is -0.384. The number of aliphatic imine (C=N–C) groups is 1. The van der Waals surface area contributed by atoms with Crippen molar-refractivity contribution in [2.45, 2.75) is 0 Å². The molecule has 0 aliphatic rings. The van der Waals surface area contributed by atoms with Gasteiger partial charge < -0.3 is 14.6 Å². The molecule has 0 heterocycles. The molecule has 0 radical (unpaired) electrons. The van der Waals surface area contributed by atoms with E-state index in [-0.39, 0.29) is 11.4 Å². The average Bonchev–Trinajstić information content (AvgIpc) is 2.53. The normalized spacial score (nSPS) is 10.6. The van der Waals surface area contributed by atoms with Crippen molar-refractivity contribution in [3.05, 3.63) is 52.1 Å². The van der Waals surface area contributed by atoms with Crippen LogP contribution in [0.15, 0.2) is 41.4 Å². The minimum Gasteiger partial charge on any atom is -0.504 e. The minimum atomic E-state index is -0.512. The number of hydrogen-bond donors (Lipinski definition) is 1. The number of ether oxygens (including phenoxy) is 2. The van der Waals surface area contributed by atoms with Gasteiger partial charge in [0.05, 0.1) is 19.1 Å². The summed E-state index contributed by atoms with van der Waals surface area (Å²) in [6.45, 7) is 0. The maximum atomic E-state index is 10.8. The summed E-state index contributed by atoms with van der Waals surface area (Å²) >= 11 is 0. The van der Waals surface area contributed by atoms with E-state index >= 15 is 0 Å². The number of nitrogens with zero attached hydrogens (tertiary/aromatic N) is 2. The Hall–Kier alpha value is -3.09. The molecule has 0 aliphatic heterocycles. The number of rotatable bonds is 5. The summed E-state index contributed by atoms with van der Waals surface area (Å²) in [6, 6.07) is 9.06. The number of hydrogen-bond acceptors (Lipinski definition) is 6. The van der Waals surface area contributed by atoms with Gasteiger partial charge in [0.25, 0.3) is 5.69 Å². The van der Waals surface area contributed by atoms with Crippen molar-refractivity contribution in [3.63, 3.8) is 0 Å². The van der Waals surface area contributed by atoms with Crippen molar-refractivity contribution < 1.29 is 19.5 Å². The Morgan fingerprint density at radius 1 is 1.18 bits per heavy atom. The summed E-state index contributed by atoms with van der Waals surface area (Å²) in [5.74, 6) is 0.650. The minimum absolute atomic E-state index is 0.0573. The second-order valence-electron chi connectivity index (χ2n) is 4.27. The highest BCUT2D eigenvalue weighted by Gasteiger charge is 2.11. The highest BCUT2D eigenvalue weighted by atomic mass is 16.6. The van der Waals surface area contributed by atoms with Crippen LogP contribution in [0.5, 0.6) is 17.2 Å². The fourth-order valence-corrected chi connectivity index (χ4v) is 1.84. The van der Waals surface area contributed by atoms with E-state index in [1.54, 1.807) is 18.2 Å². The second kappa shape index (κ2) is 6.57. The average molecular weight is 302 g/mol. The number of aromatic hydroxyl groups is 1. The molecule has 0 aromatic heterocycles. The van der Waals surface area contributed by atoms with Crippen LogP contribution in [0.4, 0.5) is 11.4 Å². The van der Waals surface area contributed by atoms with Crippen LogP contribution in [0, 0.1) is 10.1 Å². The molecule has 0 atom stereocenters. The molecule has 2 aromatic rings. The molecule has 2 aromatic carbocycles. The third kappa shape index (κ3) is 3.14. The molecule has 0 spiro atoms. The Kier molecular flexibility index (Phi) is 4.57. The zero-order chi connectivity index (χ0) is 16.1. The first-order chi connectivity index (χ1) is 10.6. The highest BCUT2D eigenvalue weighted by Crippen LogP contribution is 2.33. The van der Waals surface area contributed by atoms with Crippen molar-refractivity contribution in [3.8, 4) is 17.2 Å². The van der Waals surface area contributed by atoms with Crippen LogP contribution in [0.2, 0.25) is 0 Å². The Labute approximate surface area is 126 Å². The predicted octanol–water partition coefficient (Wildman–Crippen LogP) is 3.07. The molecule has 1 N–H and O–H groups in total. The number of phenolic OH excluding ortho intramolecular Hbond substituents is 1. The molecule has 114 valence electrons. The lowest BCUT2D eigenvalue weighted by Crippen LogP contribution is -1.91. The van der Waals surface area contributed by atoms with Crippen molar-refractivity contribution in [2.75, 3.05) is 14.2 Å². The SMILES string of the molecule is COc1ccc([N+](=O)[O-])cc1N=Cc1cccc(OC)c1O. The first kappa shape index (κ1) is 15.3. The lowest BCUT2D eigenvalue weighted by atomic mass is 10.2. The van der Waals surface area contributed by atoms with Gasteiger partial charge in [-0.25, -0.2) is 0 Å². The summed E-state index contributed by atoms with van der Waals surface area (Å²) in [4.78, 5) is 14.5. The molecule has 7 nitrogen and oxygen atoms in total. The van der Waals surface area contributed by atoms with E-state index in [1.165, 1.54) is 38.6 Å². The van der Waals surface area contributed by atoms with Crippen LogP contribution in [0.25, 0.3) is 0 Å². The molecule has 0 unspecified atom stereocenters. The molecular formula is C15H14N2O5. The quantitative estimate of drug-likeness (QED) is 0.520. The van der Waals surface area contributed by atoms with Gasteiger partial charge >= 0.3 is 0 Å². The lowest BCUT2D eigenvalue weighted by Gasteiger charge is -2.06. The van der Waals surface area contributed by atoms with Crippen molar-refractivity contribution >= 4 is 17.6 Å². The number of nitro groups is 1. The molecule has 22 heavy (non-hydrogen) atoms. The first-order valence-electron chi connectivity index (χ1n) is 6.29. The van der Waals surface area contributed by atoms with E-state index in [0.717, 1.165) is 0 Å². The third-order valence-corrected chi connectivity index (χ3v) is 2.97. The number of benzene rings is 2. The Morgan fingerprint density at radius 2 is 1.91 bits per heavy atom. The van der Waals surface area contributed by atoms with Crippen LogP contribution in [-0.2, 0) is 0 Å². The van der Waals surface area contributed by atoms with Crippen LogP contribution in [0.1, 0.15) is 5.56 Å². The molecule has 0 aliphatic carbocycles. The molecule has 0 fully saturated rings. The van der Waals surface area contributed by atoms with E-state index in [0.29, 0.717) is 22.7 Å².